The Morgan fingerprint density at radius 3 is 2.39 bits per heavy atom. The molecule has 0 unspecified atom stereocenters. The maximum atomic E-state index is 12.3. The Balaban J connectivity index is 2.01. The molecule has 3 N–H and O–H groups in total. The number of sulfone groups is 1. The molecule has 0 heterocycles. The molecule has 2 amide bonds. The van der Waals surface area contributed by atoms with E-state index in [9.17, 15) is 28.1 Å². The second-order valence-electron chi connectivity index (χ2n) is 6.05. The van der Waals surface area contributed by atoms with Crippen molar-refractivity contribution in [3.8, 4) is 0 Å². The van der Waals surface area contributed by atoms with Crippen molar-refractivity contribution in [2.75, 3.05) is 5.75 Å². The van der Waals surface area contributed by atoms with Crippen molar-refractivity contribution in [3.05, 3.63) is 70.3 Å². The largest absolute Gasteiger partial charge is 0.368 e. The molecule has 9 nitrogen and oxygen atoms in total. The molecule has 1 atom stereocenters. The number of amides is 2. The van der Waals surface area contributed by atoms with Crippen LogP contribution in [0.5, 0.6) is 0 Å². The second-order valence-corrected chi connectivity index (χ2v) is 8.16. The molecule has 0 aliphatic heterocycles. The molecule has 0 aliphatic rings. The summed E-state index contributed by atoms with van der Waals surface area (Å²) in [6.07, 6.45) is -0.399. The van der Waals surface area contributed by atoms with E-state index in [1.165, 1.54) is 36.4 Å². The molecule has 0 bridgehead atoms. The van der Waals surface area contributed by atoms with Gasteiger partial charge < -0.3 is 11.1 Å². The number of hydrogen-bond acceptors (Lipinski definition) is 6. The van der Waals surface area contributed by atoms with Crippen LogP contribution in [0.2, 0.25) is 0 Å². The Morgan fingerprint density at radius 1 is 1.11 bits per heavy atom. The van der Waals surface area contributed by atoms with Crippen LogP contribution in [0.1, 0.15) is 12.0 Å². The van der Waals surface area contributed by atoms with Gasteiger partial charge in [0, 0.05) is 12.1 Å². The third kappa shape index (κ3) is 5.88. The fourth-order valence-corrected chi connectivity index (χ4v) is 3.87. The molecule has 2 aromatic carbocycles. The Hall–Kier alpha value is -3.27. The van der Waals surface area contributed by atoms with Crippen molar-refractivity contribution in [3.63, 3.8) is 0 Å². The normalized spacial score (nSPS) is 12.1. The van der Waals surface area contributed by atoms with Crippen molar-refractivity contribution >= 4 is 27.3 Å². The van der Waals surface area contributed by atoms with E-state index in [1.807, 2.05) is 0 Å². The number of nitro benzene ring substituents is 1. The first-order valence-electron chi connectivity index (χ1n) is 8.29. The molecule has 0 spiro atoms. The van der Waals surface area contributed by atoms with Gasteiger partial charge in [-0.2, -0.15) is 0 Å². The molecule has 2 aromatic rings. The number of benzene rings is 2. The molecular formula is C18H19N3O6S. The van der Waals surface area contributed by atoms with Gasteiger partial charge in [-0.05, 0) is 24.1 Å². The molecule has 148 valence electrons. The maximum absolute atomic E-state index is 12.3. The average Bonchev–Trinajstić information content (AvgIpc) is 2.65. The Kier molecular flexibility index (Phi) is 6.83. The first-order chi connectivity index (χ1) is 13.2. The number of hydrogen-bond donors (Lipinski definition) is 2. The van der Waals surface area contributed by atoms with Gasteiger partial charge in [0.1, 0.15) is 6.04 Å². The minimum atomic E-state index is -3.63. The van der Waals surface area contributed by atoms with Crippen molar-refractivity contribution in [2.45, 2.75) is 23.8 Å². The highest BCUT2D eigenvalue weighted by molar-refractivity contribution is 7.91. The maximum Gasteiger partial charge on any atom is 0.269 e. The van der Waals surface area contributed by atoms with Gasteiger partial charge in [0.15, 0.2) is 9.84 Å². The molecule has 10 heteroatoms. The topological polar surface area (TPSA) is 149 Å². The van der Waals surface area contributed by atoms with Crippen LogP contribution >= 0.6 is 0 Å². The van der Waals surface area contributed by atoms with E-state index in [2.05, 4.69) is 5.32 Å². The van der Waals surface area contributed by atoms with Gasteiger partial charge in [-0.1, -0.05) is 30.3 Å². The highest BCUT2D eigenvalue weighted by atomic mass is 32.2. The summed E-state index contributed by atoms with van der Waals surface area (Å²) in [5, 5.41) is 13.2. The number of nitro groups is 1. The van der Waals surface area contributed by atoms with E-state index in [4.69, 9.17) is 5.73 Å². The van der Waals surface area contributed by atoms with Crippen molar-refractivity contribution in [1.29, 1.82) is 0 Å². The van der Waals surface area contributed by atoms with Gasteiger partial charge in [0.2, 0.25) is 11.8 Å². The first-order valence-corrected chi connectivity index (χ1v) is 9.94. The Labute approximate surface area is 161 Å². The van der Waals surface area contributed by atoms with Gasteiger partial charge in [-0.25, -0.2) is 8.42 Å². The van der Waals surface area contributed by atoms with E-state index in [1.54, 1.807) is 18.2 Å². The number of nitrogens with one attached hydrogen (secondary N) is 1. The molecule has 0 aromatic heterocycles. The summed E-state index contributed by atoms with van der Waals surface area (Å²) in [4.78, 5) is 34.1. The van der Waals surface area contributed by atoms with Crippen LogP contribution in [0, 0.1) is 10.1 Å². The fourth-order valence-electron chi connectivity index (χ4n) is 2.51. The van der Waals surface area contributed by atoms with Gasteiger partial charge in [-0.3, -0.25) is 19.7 Å². The molecule has 0 radical (unpaired) electrons. The monoisotopic (exact) mass is 405 g/mol. The summed E-state index contributed by atoms with van der Waals surface area (Å²) >= 11 is 0. The van der Waals surface area contributed by atoms with Gasteiger partial charge in [-0.15, -0.1) is 0 Å². The lowest BCUT2D eigenvalue weighted by molar-refractivity contribution is -0.384. The van der Waals surface area contributed by atoms with Crippen molar-refractivity contribution in [1.82, 2.24) is 5.32 Å². The quantitative estimate of drug-likeness (QED) is 0.469. The lowest BCUT2D eigenvalue weighted by Gasteiger charge is -2.15. The van der Waals surface area contributed by atoms with Crippen LogP contribution in [-0.4, -0.2) is 37.0 Å². The van der Waals surface area contributed by atoms with E-state index in [0.29, 0.717) is 5.56 Å². The van der Waals surface area contributed by atoms with Crippen LogP contribution < -0.4 is 11.1 Å². The van der Waals surface area contributed by atoms with Crippen LogP contribution in [0.3, 0.4) is 0 Å². The highest BCUT2D eigenvalue weighted by Crippen LogP contribution is 2.14. The molecule has 0 saturated heterocycles. The number of carbonyl (C=O) groups excluding carboxylic acids is 2. The number of primary amides is 1. The molecule has 28 heavy (non-hydrogen) atoms. The zero-order valence-corrected chi connectivity index (χ0v) is 15.6. The average molecular weight is 405 g/mol. The highest BCUT2D eigenvalue weighted by Gasteiger charge is 2.23. The SMILES string of the molecule is NC(=O)[C@@H](CCS(=O)(=O)c1ccccc1)NC(=O)Cc1cccc([N+](=O)[O-])c1. The van der Waals surface area contributed by atoms with Gasteiger partial charge in [0.05, 0.1) is 22.0 Å². The summed E-state index contributed by atoms with van der Waals surface area (Å²) < 4.78 is 24.6. The molecule has 0 fully saturated rings. The second kappa shape index (κ2) is 9.09. The Morgan fingerprint density at radius 2 is 1.79 bits per heavy atom. The smallest absolute Gasteiger partial charge is 0.269 e. The van der Waals surface area contributed by atoms with Gasteiger partial charge in [0.25, 0.3) is 5.69 Å². The molecule has 2 rings (SSSR count). The molecule has 0 saturated carbocycles. The number of rotatable bonds is 9. The summed E-state index contributed by atoms with van der Waals surface area (Å²) in [7, 11) is -3.63. The van der Waals surface area contributed by atoms with E-state index < -0.39 is 32.6 Å². The van der Waals surface area contributed by atoms with Crippen LogP contribution in [-0.2, 0) is 25.8 Å². The standard InChI is InChI=1S/C18H19N3O6S/c19-18(23)16(9-10-28(26,27)15-7-2-1-3-8-15)20-17(22)12-13-5-4-6-14(11-13)21(24)25/h1-8,11,16H,9-10,12H2,(H2,19,23)(H,20,22)/t16-/m1/s1. The number of carbonyl (C=O) groups is 2. The number of non-ortho nitro benzene ring substituents is 1. The first kappa shape index (κ1) is 21.0. The zero-order valence-electron chi connectivity index (χ0n) is 14.8. The lowest BCUT2D eigenvalue weighted by Crippen LogP contribution is -2.45. The zero-order chi connectivity index (χ0) is 20.7. The van der Waals surface area contributed by atoms with Crippen molar-refractivity contribution in [2.24, 2.45) is 5.73 Å². The van der Waals surface area contributed by atoms with E-state index in [0.717, 1.165) is 0 Å². The minimum Gasteiger partial charge on any atom is -0.368 e. The lowest BCUT2D eigenvalue weighted by atomic mass is 10.1. The molecule has 0 aliphatic carbocycles. The third-order valence-electron chi connectivity index (χ3n) is 3.94. The summed E-state index contributed by atoms with van der Waals surface area (Å²) in [6.45, 7) is 0. The van der Waals surface area contributed by atoms with E-state index in [-0.39, 0.29) is 29.2 Å². The van der Waals surface area contributed by atoms with E-state index >= 15 is 0 Å². The summed E-state index contributed by atoms with van der Waals surface area (Å²) in [5.41, 5.74) is 5.49. The molecular weight excluding hydrogens is 386 g/mol. The van der Waals surface area contributed by atoms with Crippen LogP contribution in [0.4, 0.5) is 5.69 Å². The predicted molar refractivity (Wildman–Crippen MR) is 101 cm³/mol. The Bertz CT molecular complexity index is 976. The number of nitrogens with zero attached hydrogens (tertiary/aromatic N) is 1. The fraction of sp³-hybridized carbons (Fsp3) is 0.222. The number of nitrogens with two attached hydrogens (primary N) is 1. The summed E-state index contributed by atoms with van der Waals surface area (Å²) in [6, 6.07) is 12.1. The third-order valence-corrected chi connectivity index (χ3v) is 5.71. The predicted octanol–water partition coefficient (Wildman–Crippen LogP) is 0.971. The van der Waals surface area contributed by atoms with Crippen LogP contribution in [0.15, 0.2) is 59.5 Å². The summed E-state index contributed by atoms with van der Waals surface area (Å²) in [5.74, 6) is -1.83. The van der Waals surface area contributed by atoms with Gasteiger partial charge >= 0.3 is 0 Å². The van der Waals surface area contributed by atoms with Crippen molar-refractivity contribution < 1.29 is 22.9 Å². The minimum absolute atomic E-state index is 0.112. The van der Waals surface area contributed by atoms with Crippen LogP contribution in [0.25, 0.3) is 0 Å².